The van der Waals surface area contributed by atoms with Crippen LogP contribution in [0, 0.1) is 0 Å². The first-order chi connectivity index (χ1) is 12.5. The Kier molecular flexibility index (Phi) is 5.65. The summed E-state index contributed by atoms with van der Waals surface area (Å²) >= 11 is 0. The van der Waals surface area contributed by atoms with E-state index in [4.69, 9.17) is 14.9 Å². The second-order valence-corrected chi connectivity index (χ2v) is 6.18. The molecular formula is C18H21N3O5. The molecule has 1 amide bonds. The van der Waals surface area contributed by atoms with Crippen LogP contribution in [0.5, 0.6) is 5.75 Å². The minimum Gasteiger partial charge on any atom is -0.502 e. The van der Waals surface area contributed by atoms with E-state index in [1.54, 1.807) is 24.5 Å². The van der Waals surface area contributed by atoms with Crippen LogP contribution in [0.15, 0.2) is 39.8 Å². The molecule has 1 atom stereocenters. The second kappa shape index (κ2) is 8.11. The van der Waals surface area contributed by atoms with Crippen molar-refractivity contribution in [1.29, 1.82) is 0 Å². The van der Waals surface area contributed by atoms with Crippen LogP contribution in [0.25, 0.3) is 0 Å². The van der Waals surface area contributed by atoms with Crippen LogP contribution in [0.4, 0.5) is 0 Å². The highest BCUT2D eigenvalue weighted by atomic mass is 16.5. The summed E-state index contributed by atoms with van der Waals surface area (Å²) in [6, 6.07) is 4.67. The van der Waals surface area contributed by atoms with Gasteiger partial charge in [-0.1, -0.05) is 0 Å². The molecule has 1 unspecified atom stereocenters. The molecule has 8 nitrogen and oxygen atoms in total. The van der Waals surface area contributed by atoms with E-state index < -0.39 is 23.0 Å². The minimum absolute atomic E-state index is 0.0470. The normalized spacial score (nSPS) is 16.3. The Hall–Kier alpha value is -2.71. The van der Waals surface area contributed by atoms with Gasteiger partial charge in [-0.3, -0.25) is 19.5 Å². The van der Waals surface area contributed by atoms with Crippen molar-refractivity contribution < 1.29 is 19.1 Å². The summed E-state index contributed by atoms with van der Waals surface area (Å²) in [5.41, 5.74) is 5.50. The maximum absolute atomic E-state index is 12.2. The van der Waals surface area contributed by atoms with Crippen LogP contribution >= 0.6 is 0 Å². The van der Waals surface area contributed by atoms with Crippen molar-refractivity contribution in [1.82, 2.24) is 9.88 Å². The number of hydrogen-bond acceptors (Lipinski definition) is 7. The number of nitrogens with two attached hydrogens (primary N) is 1. The molecule has 0 bridgehead atoms. The number of carbonyl (C=O) groups is 1. The average Bonchev–Trinajstić information content (AvgIpc) is 2.64. The summed E-state index contributed by atoms with van der Waals surface area (Å²) in [6.07, 6.45) is 3.04. The van der Waals surface area contributed by atoms with Crippen LogP contribution in [0.1, 0.15) is 29.4 Å². The van der Waals surface area contributed by atoms with E-state index in [1.807, 2.05) is 0 Å². The van der Waals surface area contributed by atoms with E-state index in [9.17, 15) is 14.7 Å². The smallest absolute Gasteiger partial charge is 0.227 e. The van der Waals surface area contributed by atoms with Gasteiger partial charge in [0.25, 0.3) is 0 Å². The lowest BCUT2D eigenvalue weighted by atomic mass is 9.92. The zero-order valence-electron chi connectivity index (χ0n) is 14.3. The van der Waals surface area contributed by atoms with Crippen LogP contribution in [0.2, 0.25) is 0 Å². The number of nitrogens with zero attached hydrogens (tertiary/aromatic N) is 2. The Bertz CT molecular complexity index is 815. The van der Waals surface area contributed by atoms with E-state index in [1.165, 1.54) is 6.07 Å². The monoisotopic (exact) mass is 359 g/mol. The van der Waals surface area contributed by atoms with E-state index >= 15 is 0 Å². The molecule has 1 aliphatic rings. The Balaban J connectivity index is 1.97. The minimum atomic E-state index is -0.659. The van der Waals surface area contributed by atoms with E-state index in [-0.39, 0.29) is 12.2 Å². The van der Waals surface area contributed by atoms with Gasteiger partial charge in [0.2, 0.25) is 17.1 Å². The van der Waals surface area contributed by atoms with Crippen molar-refractivity contribution in [2.45, 2.75) is 18.9 Å². The summed E-state index contributed by atoms with van der Waals surface area (Å²) in [7, 11) is 0. The third-order valence-corrected chi connectivity index (χ3v) is 4.31. The highest BCUT2D eigenvalue weighted by molar-refractivity contribution is 5.75. The van der Waals surface area contributed by atoms with Gasteiger partial charge in [0.1, 0.15) is 5.76 Å². The maximum atomic E-state index is 12.2. The van der Waals surface area contributed by atoms with Gasteiger partial charge in [-0.05, 0) is 17.7 Å². The van der Waals surface area contributed by atoms with Gasteiger partial charge in [-0.15, -0.1) is 0 Å². The largest absolute Gasteiger partial charge is 0.502 e. The van der Waals surface area contributed by atoms with Gasteiger partial charge in [0, 0.05) is 38.0 Å². The number of primary amides is 1. The molecule has 138 valence electrons. The molecule has 3 heterocycles. The second-order valence-electron chi connectivity index (χ2n) is 6.18. The Morgan fingerprint density at radius 2 is 2.00 bits per heavy atom. The molecule has 0 saturated carbocycles. The van der Waals surface area contributed by atoms with Gasteiger partial charge in [0.15, 0.2) is 5.76 Å². The summed E-state index contributed by atoms with van der Waals surface area (Å²) in [5, 5.41) is 10.3. The summed E-state index contributed by atoms with van der Waals surface area (Å²) in [6.45, 7) is 3.13. The third-order valence-electron chi connectivity index (χ3n) is 4.31. The molecule has 1 fully saturated rings. The Morgan fingerprint density at radius 3 is 2.65 bits per heavy atom. The fourth-order valence-corrected chi connectivity index (χ4v) is 3.01. The number of morpholine rings is 1. The predicted octanol–water partition coefficient (Wildman–Crippen LogP) is 0.580. The van der Waals surface area contributed by atoms with Gasteiger partial charge < -0.3 is 20.0 Å². The predicted molar refractivity (Wildman–Crippen MR) is 92.6 cm³/mol. The van der Waals surface area contributed by atoms with Crippen LogP contribution in [0.3, 0.4) is 0 Å². The molecular weight excluding hydrogens is 338 g/mol. The van der Waals surface area contributed by atoms with E-state index in [0.717, 1.165) is 13.1 Å². The van der Waals surface area contributed by atoms with E-state index in [2.05, 4.69) is 9.88 Å². The average molecular weight is 359 g/mol. The third kappa shape index (κ3) is 4.27. The first-order valence-electron chi connectivity index (χ1n) is 8.39. The van der Waals surface area contributed by atoms with Crippen LogP contribution in [-0.4, -0.2) is 47.2 Å². The van der Waals surface area contributed by atoms with E-state index in [0.29, 0.717) is 31.1 Å². The number of aromatic nitrogens is 1. The van der Waals surface area contributed by atoms with Crippen molar-refractivity contribution in [3.05, 3.63) is 57.9 Å². The maximum Gasteiger partial charge on any atom is 0.227 e. The molecule has 0 aromatic carbocycles. The SMILES string of the molecule is NC(=O)CC(c1ccncc1)c1oc(CN2CCOCC2)cc(=O)c1O. The number of rotatable bonds is 6. The Labute approximate surface area is 150 Å². The topological polar surface area (TPSA) is 119 Å². The van der Waals surface area contributed by atoms with Gasteiger partial charge >= 0.3 is 0 Å². The first kappa shape index (κ1) is 18.1. The van der Waals surface area contributed by atoms with Crippen molar-refractivity contribution in [2.75, 3.05) is 26.3 Å². The molecule has 8 heteroatoms. The summed E-state index contributed by atoms with van der Waals surface area (Å²) in [4.78, 5) is 29.8. The van der Waals surface area contributed by atoms with Crippen molar-refractivity contribution in [2.24, 2.45) is 5.73 Å². The zero-order valence-corrected chi connectivity index (χ0v) is 14.3. The standard InChI is InChI=1S/C18H21N3O5/c19-16(23)10-14(12-1-3-20-4-2-12)18-17(24)15(22)9-13(26-18)11-21-5-7-25-8-6-21/h1-4,9,14,24H,5-8,10-11H2,(H2,19,23). The summed E-state index contributed by atoms with van der Waals surface area (Å²) < 4.78 is 11.2. The molecule has 0 aliphatic carbocycles. The summed E-state index contributed by atoms with van der Waals surface area (Å²) in [5.74, 6) is -1.25. The van der Waals surface area contributed by atoms with Crippen LogP contribution < -0.4 is 11.2 Å². The molecule has 3 N–H and O–H groups in total. The molecule has 1 aliphatic heterocycles. The van der Waals surface area contributed by atoms with Gasteiger partial charge in [-0.25, -0.2) is 0 Å². The molecule has 2 aromatic heterocycles. The lowest BCUT2D eigenvalue weighted by molar-refractivity contribution is -0.118. The molecule has 1 saturated heterocycles. The number of amides is 1. The molecule has 0 radical (unpaired) electrons. The fourth-order valence-electron chi connectivity index (χ4n) is 3.01. The van der Waals surface area contributed by atoms with Crippen LogP contribution in [-0.2, 0) is 16.1 Å². The van der Waals surface area contributed by atoms with Crippen molar-refractivity contribution in [3.63, 3.8) is 0 Å². The lowest BCUT2D eigenvalue weighted by Gasteiger charge is -2.26. The fraction of sp³-hybridized carbons (Fsp3) is 0.389. The number of ether oxygens (including phenoxy) is 1. The quantitative estimate of drug-likeness (QED) is 0.774. The number of pyridine rings is 1. The number of hydrogen-bond donors (Lipinski definition) is 2. The molecule has 3 rings (SSSR count). The zero-order chi connectivity index (χ0) is 18.5. The number of aromatic hydroxyl groups is 1. The van der Waals surface area contributed by atoms with Crippen molar-refractivity contribution >= 4 is 5.91 Å². The molecule has 26 heavy (non-hydrogen) atoms. The molecule has 2 aromatic rings. The highest BCUT2D eigenvalue weighted by Crippen LogP contribution is 2.32. The van der Waals surface area contributed by atoms with Gasteiger partial charge in [0.05, 0.1) is 25.7 Å². The van der Waals surface area contributed by atoms with Crippen molar-refractivity contribution in [3.8, 4) is 5.75 Å². The highest BCUT2D eigenvalue weighted by Gasteiger charge is 2.26. The molecule has 0 spiro atoms. The lowest BCUT2D eigenvalue weighted by Crippen LogP contribution is -2.35. The number of carbonyl (C=O) groups excluding carboxylic acids is 1. The Morgan fingerprint density at radius 1 is 1.31 bits per heavy atom. The first-order valence-corrected chi connectivity index (χ1v) is 8.39. The van der Waals surface area contributed by atoms with Gasteiger partial charge in [-0.2, -0.15) is 0 Å².